The predicted octanol–water partition coefficient (Wildman–Crippen LogP) is 4.77. The summed E-state index contributed by atoms with van der Waals surface area (Å²) >= 11 is 12.0. The predicted molar refractivity (Wildman–Crippen MR) is 96.7 cm³/mol. The van der Waals surface area contributed by atoms with Gasteiger partial charge in [-0.3, -0.25) is 4.79 Å². The minimum atomic E-state index is -0.0825. The molecule has 3 nitrogen and oxygen atoms in total. The van der Waals surface area contributed by atoms with E-state index in [4.69, 9.17) is 23.2 Å². The molecule has 2 aromatic rings. The number of halogens is 2. The number of benzene rings is 2. The van der Waals surface area contributed by atoms with Gasteiger partial charge in [-0.2, -0.15) is 0 Å². The molecule has 0 spiro atoms. The molecule has 0 bridgehead atoms. The minimum Gasteiger partial charge on any atom is -0.370 e. The van der Waals surface area contributed by atoms with E-state index in [1.807, 2.05) is 18.2 Å². The molecule has 5 heteroatoms. The Kier molecular flexibility index (Phi) is 5.09. The third-order valence-electron chi connectivity index (χ3n) is 3.99. The lowest BCUT2D eigenvalue weighted by atomic mass is 10.1. The summed E-state index contributed by atoms with van der Waals surface area (Å²) < 4.78 is 0. The largest absolute Gasteiger partial charge is 0.370 e. The number of amides is 1. The van der Waals surface area contributed by atoms with Gasteiger partial charge < -0.3 is 10.2 Å². The number of hydrogen-bond donors (Lipinski definition) is 1. The highest BCUT2D eigenvalue weighted by molar-refractivity contribution is 6.35. The zero-order valence-electron chi connectivity index (χ0n) is 12.7. The Morgan fingerprint density at radius 3 is 2.57 bits per heavy atom. The number of anilines is 2. The highest BCUT2D eigenvalue weighted by Crippen LogP contribution is 2.29. The molecule has 1 saturated heterocycles. The number of para-hydroxylation sites is 2. The smallest absolute Gasteiger partial charge is 0.228 e. The van der Waals surface area contributed by atoms with Gasteiger partial charge >= 0.3 is 0 Å². The maximum atomic E-state index is 12.4. The Labute approximate surface area is 146 Å². The second kappa shape index (κ2) is 7.24. The molecule has 1 heterocycles. The van der Waals surface area contributed by atoms with Crippen molar-refractivity contribution in [1.29, 1.82) is 0 Å². The molecule has 2 aromatic carbocycles. The fourth-order valence-corrected chi connectivity index (χ4v) is 3.32. The van der Waals surface area contributed by atoms with Crippen molar-refractivity contribution >= 4 is 40.5 Å². The fourth-order valence-electron chi connectivity index (χ4n) is 2.85. The molecule has 0 saturated carbocycles. The molecule has 0 aromatic heterocycles. The standard InChI is InChI=1S/C18H18Cl2N2O/c19-14-8-7-13(15(20)12-14)11-18(23)21-16-5-1-2-6-17(16)22-9-3-4-10-22/h1-2,5-8,12H,3-4,9-11H2,(H,21,23). The van der Waals surface area contributed by atoms with Crippen LogP contribution in [0.25, 0.3) is 0 Å². The summed E-state index contributed by atoms with van der Waals surface area (Å²) in [5.74, 6) is -0.0825. The molecule has 120 valence electrons. The third kappa shape index (κ3) is 3.98. The van der Waals surface area contributed by atoms with Crippen LogP contribution in [0.2, 0.25) is 10.0 Å². The van der Waals surface area contributed by atoms with Gasteiger partial charge in [0.05, 0.1) is 17.8 Å². The van der Waals surface area contributed by atoms with Gasteiger partial charge in [0.2, 0.25) is 5.91 Å². The van der Waals surface area contributed by atoms with E-state index >= 15 is 0 Å². The summed E-state index contributed by atoms with van der Waals surface area (Å²) in [6.45, 7) is 2.08. The maximum absolute atomic E-state index is 12.4. The number of rotatable bonds is 4. The van der Waals surface area contributed by atoms with Gasteiger partial charge in [-0.05, 0) is 42.7 Å². The molecule has 0 unspecified atom stereocenters. The quantitative estimate of drug-likeness (QED) is 0.862. The van der Waals surface area contributed by atoms with E-state index < -0.39 is 0 Å². The van der Waals surface area contributed by atoms with Gasteiger partial charge in [0.1, 0.15) is 0 Å². The second-order valence-electron chi connectivity index (χ2n) is 5.67. The van der Waals surface area contributed by atoms with Crippen LogP contribution in [0.15, 0.2) is 42.5 Å². The summed E-state index contributed by atoms with van der Waals surface area (Å²) in [5.41, 5.74) is 2.71. The first-order valence-electron chi connectivity index (χ1n) is 7.71. The van der Waals surface area contributed by atoms with E-state index in [1.54, 1.807) is 18.2 Å². The normalized spacial score (nSPS) is 14.1. The van der Waals surface area contributed by atoms with Crippen LogP contribution in [-0.2, 0) is 11.2 Å². The summed E-state index contributed by atoms with van der Waals surface area (Å²) in [5, 5.41) is 4.09. The average molecular weight is 349 g/mol. The van der Waals surface area contributed by atoms with E-state index in [-0.39, 0.29) is 12.3 Å². The Morgan fingerprint density at radius 2 is 1.83 bits per heavy atom. The topological polar surface area (TPSA) is 32.3 Å². The Balaban J connectivity index is 1.73. The molecular formula is C18H18Cl2N2O. The van der Waals surface area contributed by atoms with Crippen molar-refractivity contribution in [2.24, 2.45) is 0 Å². The lowest BCUT2D eigenvalue weighted by Gasteiger charge is -2.21. The summed E-state index contributed by atoms with van der Waals surface area (Å²) in [6.07, 6.45) is 2.62. The number of hydrogen-bond acceptors (Lipinski definition) is 2. The molecule has 1 amide bonds. The Morgan fingerprint density at radius 1 is 1.09 bits per heavy atom. The molecule has 1 N–H and O–H groups in total. The molecule has 1 fully saturated rings. The molecular weight excluding hydrogens is 331 g/mol. The molecule has 0 aliphatic carbocycles. The van der Waals surface area contributed by atoms with Crippen molar-refractivity contribution in [2.75, 3.05) is 23.3 Å². The Hall–Kier alpha value is -1.71. The van der Waals surface area contributed by atoms with Gasteiger partial charge in [-0.25, -0.2) is 0 Å². The van der Waals surface area contributed by atoms with Gasteiger partial charge in [0, 0.05) is 23.1 Å². The van der Waals surface area contributed by atoms with Crippen LogP contribution >= 0.6 is 23.2 Å². The first-order chi connectivity index (χ1) is 11.1. The van der Waals surface area contributed by atoms with Gasteiger partial charge in [0.25, 0.3) is 0 Å². The van der Waals surface area contributed by atoms with E-state index in [9.17, 15) is 4.79 Å². The highest BCUT2D eigenvalue weighted by atomic mass is 35.5. The van der Waals surface area contributed by atoms with Crippen LogP contribution in [0, 0.1) is 0 Å². The summed E-state index contributed by atoms with van der Waals surface area (Å²) in [7, 11) is 0. The van der Waals surface area contributed by atoms with Crippen molar-refractivity contribution in [3.63, 3.8) is 0 Å². The number of carbonyl (C=O) groups excluding carboxylic acids is 1. The van der Waals surface area contributed by atoms with E-state index in [1.165, 1.54) is 12.8 Å². The van der Waals surface area contributed by atoms with E-state index in [0.717, 1.165) is 30.0 Å². The lowest BCUT2D eigenvalue weighted by Crippen LogP contribution is -2.21. The van der Waals surface area contributed by atoms with Gasteiger partial charge in [-0.1, -0.05) is 41.4 Å². The van der Waals surface area contributed by atoms with E-state index in [2.05, 4.69) is 16.3 Å². The van der Waals surface area contributed by atoms with Crippen LogP contribution < -0.4 is 10.2 Å². The molecule has 23 heavy (non-hydrogen) atoms. The first kappa shape index (κ1) is 16.2. The van der Waals surface area contributed by atoms with Crippen LogP contribution in [0.4, 0.5) is 11.4 Å². The molecule has 1 aliphatic heterocycles. The van der Waals surface area contributed by atoms with Crippen molar-refractivity contribution in [3.8, 4) is 0 Å². The van der Waals surface area contributed by atoms with Crippen molar-refractivity contribution < 1.29 is 4.79 Å². The van der Waals surface area contributed by atoms with Crippen molar-refractivity contribution in [2.45, 2.75) is 19.3 Å². The van der Waals surface area contributed by atoms with Crippen LogP contribution in [0.3, 0.4) is 0 Å². The zero-order chi connectivity index (χ0) is 16.2. The monoisotopic (exact) mass is 348 g/mol. The van der Waals surface area contributed by atoms with E-state index in [0.29, 0.717) is 10.0 Å². The van der Waals surface area contributed by atoms with Crippen molar-refractivity contribution in [1.82, 2.24) is 0 Å². The minimum absolute atomic E-state index is 0.0825. The van der Waals surface area contributed by atoms with Gasteiger partial charge in [-0.15, -0.1) is 0 Å². The zero-order valence-corrected chi connectivity index (χ0v) is 14.2. The van der Waals surface area contributed by atoms with Crippen LogP contribution in [0.1, 0.15) is 18.4 Å². The van der Waals surface area contributed by atoms with Crippen LogP contribution in [-0.4, -0.2) is 19.0 Å². The van der Waals surface area contributed by atoms with Crippen LogP contribution in [0.5, 0.6) is 0 Å². The van der Waals surface area contributed by atoms with Crippen molar-refractivity contribution in [3.05, 3.63) is 58.1 Å². The highest BCUT2D eigenvalue weighted by Gasteiger charge is 2.17. The number of carbonyl (C=O) groups is 1. The second-order valence-corrected chi connectivity index (χ2v) is 6.52. The Bertz CT molecular complexity index is 712. The average Bonchev–Trinajstić information content (AvgIpc) is 3.05. The maximum Gasteiger partial charge on any atom is 0.228 e. The van der Waals surface area contributed by atoms with Gasteiger partial charge in [0.15, 0.2) is 0 Å². The molecule has 0 atom stereocenters. The third-order valence-corrected chi connectivity index (χ3v) is 4.58. The fraction of sp³-hybridized carbons (Fsp3) is 0.278. The first-order valence-corrected chi connectivity index (χ1v) is 8.47. The molecule has 1 aliphatic rings. The summed E-state index contributed by atoms with van der Waals surface area (Å²) in [6, 6.07) is 13.1. The number of nitrogens with zero attached hydrogens (tertiary/aromatic N) is 1. The molecule has 0 radical (unpaired) electrons. The number of nitrogens with one attached hydrogen (secondary N) is 1. The summed E-state index contributed by atoms with van der Waals surface area (Å²) in [4.78, 5) is 14.7. The lowest BCUT2D eigenvalue weighted by molar-refractivity contribution is -0.115. The molecule has 3 rings (SSSR count). The SMILES string of the molecule is O=C(Cc1ccc(Cl)cc1Cl)Nc1ccccc1N1CCCC1.